The number of hydrogen-bond donors (Lipinski definition) is 1. The third-order valence-corrected chi connectivity index (χ3v) is 6.57. The second-order valence-corrected chi connectivity index (χ2v) is 8.99. The van der Waals surface area contributed by atoms with Gasteiger partial charge in [0.25, 0.3) is 5.91 Å². The van der Waals surface area contributed by atoms with Gasteiger partial charge in [-0.1, -0.05) is 42.5 Å². The fourth-order valence-electron chi connectivity index (χ4n) is 4.65. The van der Waals surface area contributed by atoms with E-state index in [9.17, 15) is 9.59 Å². The van der Waals surface area contributed by atoms with Crippen molar-refractivity contribution in [3.63, 3.8) is 0 Å². The second kappa shape index (κ2) is 10.2. The Balaban J connectivity index is 1.16. The first kappa shape index (κ1) is 22.9. The van der Waals surface area contributed by atoms with Crippen molar-refractivity contribution in [3.05, 3.63) is 84.4 Å². The fourth-order valence-corrected chi connectivity index (χ4v) is 4.65. The van der Waals surface area contributed by atoms with Gasteiger partial charge in [-0.3, -0.25) is 14.5 Å². The van der Waals surface area contributed by atoms with Crippen molar-refractivity contribution in [3.8, 4) is 5.75 Å². The van der Waals surface area contributed by atoms with Crippen molar-refractivity contribution in [1.82, 2.24) is 4.90 Å². The van der Waals surface area contributed by atoms with Crippen molar-refractivity contribution < 1.29 is 14.3 Å². The summed E-state index contributed by atoms with van der Waals surface area (Å²) >= 11 is 0. The van der Waals surface area contributed by atoms with Crippen LogP contribution in [0.15, 0.2) is 78.9 Å². The van der Waals surface area contributed by atoms with Gasteiger partial charge in [0, 0.05) is 51.0 Å². The number of benzene rings is 3. The summed E-state index contributed by atoms with van der Waals surface area (Å²) in [5.74, 6) is 0.149. The van der Waals surface area contributed by atoms with Crippen LogP contribution in [0.4, 0.5) is 17.1 Å². The Hall–Kier alpha value is -3.84. The van der Waals surface area contributed by atoms with Gasteiger partial charge in [0.1, 0.15) is 5.75 Å². The Morgan fingerprint density at radius 1 is 0.886 bits per heavy atom. The van der Waals surface area contributed by atoms with Gasteiger partial charge in [-0.15, -0.1) is 0 Å². The molecule has 5 rings (SSSR count). The van der Waals surface area contributed by atoms with Gasteiger partial charge in [0.2, 0.25) is 5.91 Å². The van der Waals surface area contributed by atoms with Crippen LogP contribution in [0.3, 0.4) is 0 Å². The summed E-state index contributed by atoms with van der Waals surface area (Å²) in [4.78, 5) is 31.5. The van der Waals surface area contributed by atoms with E-state index in [1.807, 2.05) is 42.5 Å². The van der Waals surface area contributed by atoms with Crippen LogP contribution < -0.4 is 19.9 Å². The van der Waals surface area contributed by atoms with E-state index in [-0.39, 0.29) is 18.4 Å². The third-order valence-electron chi connectivity index (χ3n) is 6.57. The maximum absolute atomic E-state index is 12.9. The van der Waals surface area contributed by atoms with Crippen molar-refractivity contribution in [1.29, 1.82) is 0 Å². The molecule has 2 aliphatic heterocycles. The maximum atomic E-state index is 12.9. The Morgan fingerprint density at radius 2 is 1.57 bits per heavy atom. The first-order valence-corrected chi connectivity index (χ1v) is 12.0. The number of anilines is 3. The molecule has 1 unspecified atom stereocenters. The van der Waals surface area contributed by atoms with Gasteiger partial charge in [0.15, 0.2) is 6.10 Å². The molecule has 0 bridgehead atoms. The second-order valence-electron chi connectivity index (χ2n) is 8.99. The number of carbonyl (C=O) groups excluding carboxylic acids is 2. The lowest BCUT2D eigenvalue weighted by Crippen LogP contribution is -2.48. The number of carbonyl (C=O) groups is 2. The summed E-state index contributed by atoms with van der Waals surface area (Å²) in [6, 6.07) is 25.8. The van der Waals surface area contributed by atoms with Crippen LogP contribution in [-0.4, -0.2) is 55.5 Å². The monoisotopic (exact) mass is 470 g/mol. The van der Waals surface area contributed by atoms with Gasteiger partial charge >= 0.3 is 0 Å². The van der Waals surface area contributed by atoms with Crippen LogP contribution >= 0.6 is 0 Å². The van der Waals surface area contributed by atoms with Crippen molar-refractivity contribution in [2.75, 3.05) is 47.8 Å². The van der Waals surface area contributed by atoms with Crippen LogP contribution in [0, 0.1) is 0 Å². The van der Waals surface area contributed by atoms with E-state index in [0.717, 1.165) is 38.4 Å². The molecule has 3 aromatic carbocycles. The molecule has 0 spiro atoms. The summed E-state index contributed by atoms with van der Waals surface area (Å²) < 4.78 is 5.90. The Bertz CT molecular complexity index is 1170. The zero-order chi connectivity index (χ0) is 24.2. The van der Waals surface area contributed by atoms with Gasteiger partial charge in [-0.2, -0.15) is 0 Å². The number of nitrogens with one attached hydrogen (secondary N) is 1. The number of rotatable bonds is 5. The normalized spacial score (nSPS) is 17.9. The summed E-state index contributed by atoms with van der Waals surface area (Å²) in [6.07, 6.45) is -0.772. The minimum absolute atomic E-state index is 0.119. The lowest BCUT2D eigenvalue weighted by Gasteiger charge is -2.36. The van der Waals surface area contributed by atoms with Gasteiger partial charge < -0.3 is 19.9 Å². The number of para-hydroxylation sites is 2. The molecule has 0 aliphatic carbocycles. The molecule has 0 saturated carbocycles. The summed E-state index contributed by atoms with van der Waals surface area (Å²) in [5, 5.41) is 2.94. The summed E-state index contributed by atoms with van der Waals surface area (Å²) in [7, 11) is 0. The zero-order valence-electron chi connectivity index (χ0n) is 19.9. The van der Waals surface area contributed by atoms with Crippen molar-refractivity contribution >= 4 is 28.9 Å². The van der Waals surface area contributed by atoms with Crippen molar-refractivity contribution in [2.45, 2.75) is 19.6 Å². The molecule has 2 amide bonds. The number of fused-ring (bicyclic) bond motifs is 1. The van der Waals surface area contributed by atoms with Crippen LogP contribution in [0.1, 0.15) is 12.5 Å². The molecule has 2 heterocycles. The Labute approximate surface area is 205 Å². The summed E-state index contributed by atoms with van der Waals surface area (Å²) in [5.41, 5.74) is 3.89. The number of hydrogen-bond acceptors (Lipinski definition) is 5. The van der Waals surface area contributed by atoms with E-state index >= 15 is 0 Å². The van der Waals surface area contributed by atoms with Crippen LogP contribution in [0.2, 0.25) is 0 Å². The van der Waals surface area contributed by atoms with E-state index in [1.54, 1.807) is 11.0 Å². The van der Waals surface area contributed by atoms with Crippen molar-refractivity contribution in [2.24, 2.45) is 0 Å². The van der Waals surface area contributed by atoms with Gasteiger partial charge in [-0.25, -0.2) is 0 Å². The van der Waals surface area contributed by atoms with E-state index in [2.05, 4.69) is 45.4 Å². The molecular weight excluding hydrogens is 440 g/mol. The highest BCUT2D eigenvalue weighted by molar-refractivity contribution is 5.99. The maximum Gasteiger partial charge on any atom is 0.267 e. The van der Waals surface area contributed by atoms with E-state index in [4.69, 9.17) is 4.74 Å². The summed E-state index contributed by atoms with van der Waals surface area (Å²) in [6.45, 7) is 6.62. The first-order valence-electron chi connectivity index (χ1n) is 12.0. The molecular formula is C28H30N4O3. The third kappa shape index (κ3) is 5.30. The average Bonchev–Trinajstić information content (AvgIpc) is 2.89. The topological polar surface area (TPSA) is 65.1 Å². The number of amides is 2. The Morgan fingerprint density at radius 3 is 2.29 bits per heavy atom. The van der Waals surface area contributed by atoms with E-state index < -0.39 is 6.10 Å². The first-order chi connectivity index (χ1) is 17.1. The van der Waals surface area contributed by atoms with E-state index in [1.165, 1.54) is 12.5 Å². The fraction of sp³-hybridized carbons (Fsp3) is 0.286. The Kier molecular flexibility index (Phi) is 6.68. The highest BCUT2D eigenvalue weighted by atomic mass is 16.5. The largest absolute Gasteiger partial charge is 0.476 e. The van der Waals surface area contributed by atoms with Gasteiger partial charge in [-0.05, 0) is 42.0 Å². The molecule has 35 heavy (non-hydrogen) atoms. The van der Waals surface area contributed by atoms with Crippen LogP contribution in [0.5, 0.6) is 5.75 Å². The standard InChI is InChI=1S/C28H30N4O3/c1-21(33)32-20-27(35-26-10-6-5-9-25(26)32)28(34)29-23-11-13-24(14-12-23)31-17-15-30(16-18-31)19-22-7-3-2-4-8-22/h2-14,27H,15-20H2,1H3,(H,29,34). The number of nitrogens with zero attached hydrogens (tertiary/aromatic N) is 3. The lowest BCUT2D eigenvalue weighted by atomic mass is 10.1. The number of piperazine rings is 1. The molecule has 7 nitrogen and oxygen atoms in total. The van der Waals surface area contributed by atoms with Crippen LogP contribution in [0.25, 0.3) is 0 Å². The van der Waals surface area contributed by atoms with Crippen LogP contribution in [-0.2, 0) is 16.1 Å². The minimum Gasteiger partial charge on any atom is -0.476 e. The predicted molar refractivity (Wildman–Crippen MR) is 138 cm³/mol. The molecule has 1 N–H and O–H groups in total. The molecule has 1 atom stereocenters. The average molecular weight is 471 g/mol. The zero-order valence-corrected chi connectivity index (χ0v) is 19.9. The molecule has 3 aromatic rings. The van der Waals surface area contributed by atoms with Gasteiger partial charge in [0.05, 0.1) is 12.2 Å². The SMILES string of the molecule is CC(=O)N1CC(C(=O)Nc2ccc(N3CCN(Cc4ccccc4)CC3)cc2)Oc2ccccc21. The van der Waals surface area contributed by atoms with E-state index in [0.29, 0.717) is 17.1 Å². The lowest BCUT2D eigenvalue weighted by molar-refractivity contribution is -0.123. The quantitative estimate of drug-likeness (QED) is 0.615. The molecule has 1 fully saturated rings. The predicted octanol–water partition coefficient (Wildman–Crippen LogP) is 3.76. The molecule has 2 aliphatic rings. The number of ether oxygens (including phenoxy) is 1. The molecule has 0 aromatic heterocycles. The smallest absolute Gasteiger partial charge is 0.267 e. The molecule has 180 valence electrons. The molecule has 0 radical (unpaired) electrons. The highest BCUT2D eigenvalue weighted by Crippen LogP contribution is 2.33. The molecule has 1 saturated heterocycles. The minimum atomic E-state index is -0.772. The highest BCUT2D eigenvalue weighted by Gasteiger charge is 2.32. The molecule has 7 heteroatoms.